The number of anilines is 1. The van der Waals surface area contributed by atoms with Crippen LogP contribution in [0.4, 0.5) is 18.3 Å². The van der Waals surface area contributed by atoms with Gasteiger partial charge in [-0.3, -0.25) is 4.79 Å². The summed E-state index contributed by atoms with van der Waals surface area (Å²) in [7, 11) is 0. The highest BCUT2D eigenvalue weighted by molar-refractivity contribution is 7.22. The molecule has 0 radical (unpaired) electrons. The molecule has 0 atom stereocenters. The molecule has 0 saturated carbocycles. The number of ether oxygens (including phenoxy) is 1. The Bertz CT molecular complexity index is 940. The first kappa shape index (κ1) is 18.0. The average Bonchev–Trinajstić information content (AvgIpc) is 2.94. The van der Waals surface area contributed by atoms with Crippen LogP contribution in [0.2, 0.25) is 0 Å². The number of amides is 1. The number of hydrogen-bond donors (Lipinski definition) is 2. The number of hydrogen-bond acceptors (Lipinski definition) is 5. The van der Waals surface area contributed by atoms with E-state index in [2.05, 4.69) is 15.0 Å². The third-order valence-electron chi connectivity index (χ3n) is 3.45. The van der Waals surface area contributed by atoms with E-state index in [-0.39, 0.29) is 29.0 Å². The summed E-state index contributed by atoms with van der Waals surface area (Å²) in [6, 6.07) is 10.5. The van der Waals surface area contributed by atoms with E-state index in [0.717, 1.165) is 11.3 Å². The number of phenols is 1. The zero-order chi connectivity index (χ0) is 18.7. The standard InChI is InChI=1S/C17H13F3N2O3S/c18-17(19,20)25-11-6-7-12-14(9-11)26-16(21-12)22-15(24)8-5-10-3-1-2-4-13(10)23/h1-4,6-7,9,23H,5,8H2,(H,21,22,24). The summed E-state index contributed by atoms with van der Waals surface area (Å²) in [4.78, 5) is 16.2. The maximum atomic E-state index is 12.3. The lowest BCUT2D eigenvalue weighted by Crippen LogP contribution is -2.16. The van der Waals surface area contributed by atoms with Gasteiger partial charge in [0.15, 0.2) is 5.13 Å². The number of fused-ring (bicyclic) bond motifs is 1. The van der Waals surface area contributed by atoms with Gasteiger partial charge in [0.25, 0.3) is 0 Å². The van der Waals surface area contributed by atoms with Crippen LogP contribution in [0.1, 0.15) is 12.0 Å². The zero-order valence-electron chi connectivity index (χ0n) is 13.2. The van der Waals surface area contributed by atoms with E-state index in [1.165, 1.54) is 18.2 Å². The van der Waals surface area contributed by atoms with Gasteiger partial charge in [0.05, 0.1) is 10.2 Å². The Morgan fingerprint density at radius 3 is 2.73 bits per heavy atom. The Labute approximate surface area is 150 Å². The first-order chi connectivity index (χ1) is 12.3. The predicted octanol–water partition coefficient (Wildman–Crippen LogP) is 4.47. The molecule has 26 heavy (non-hydrogen) atoms. The molecule has 3 rings (SSSR count). The second-order valence-electron chi connectivity index (χ2n) is 5.37. The van der Waals surface area contributed by atoms with E-state index in [0.29, 0.717) is 22.2 Å². The number of nitrogens with one attached hydrogen (secondary N) is 1. The minimum Gasteiger partial charge on any atom is -0.508 e. The van der Waals surface area contributed by atoms with Crippen LogP contribution in [0.25, 0.3) is 10.2 Å². The molecule has 9 heteroatoms. The van der Waals surface area contributed by atoms with E-state index in [4.69, 9.17) is 0 Å². The summed E-state index contributed by atoms with van der Waals surface area (Å²) in [5.74, 6) is -0.525. The minimum atomic E-state index is -4.77. The molecule has 0 aliphatic carbocycles. The Balaban J connectivity index is 1.65. The monoisotopic (exact) mass is 382 g/mol. The van der Waals surface area contributed by atoms with Crippen molar-refractivity contribution in [2.45, 2.75) is 19.2 Å². The normalized spacial score (nSPS) is 11.5. The molecule has 2 aromatic carbocycles. The molecule has 3 aromatic rings. The number of alkyl halides is 3. The van der Waals surface area contributed by atoms with Crippen molar-refractivity contribution >= 4 is 32.6 Å². The van der Waals surface area contributed by atoms with Crippen molar-refractivity contribution in [1.82, 2.24) is 4.98 Å². The van der Waals surface area contributed by atoms with E-state index in [1.807, 2.05) is 0 Å². The zero-order valence-corrected chi connectivity index (χ0v) is 14.0. The fraction of sp³-hybridized carbons (Fsp3) is 0.176. The number of halogens is 3. The van der Waals surface area contributed by atoms with Crippen LogP contribution in [-0.4, -0.2) is 22.4 Å². The molecule has 0 aliphatic rings. The fourth-order valence-corrected chi connectivity index (χ4v) is 3.22. The van der Waals surface area contributed by atoms with Gasteiger partial charge in [-0.1, -0.05) is 29.5 Å². The summed E-state index contributed by atoms with van der Waals surface area (Å²) in [6.07, 6.45) is -4.28. The summed E-state index contributed by atoms with van der Waals surface area (Å²) in [5.41, 5.74) is 1.11. The third kappa shape index (κ3) is 4.63. The van der Waals surface area contributed by atoms with Gasteiger partial charge < -0.3 is 15.2 Å². The molecule has 0 bridgehead atoms. The molecule has 136 valence electrons. The largest absolute Gasteiger partial charge is 0.573 e. The number of rotatable bonds is 5. The van der Waals surface area contributed by atoms with E-state index >= 15 is 0 Å². The second kappa shape index (κ2) is 7.20. The molecule has 0 unspecified atom stereocenters. The highest BCUT2D eigenvalue weighted by Crippen LogP contribution is 2.31. The van der Waals surface area contributed by atoms with Crippen LogP contribution in [0.15, 0.2) is 42.5 Å². The van der Waals surface area contributed by atoms with Crippen molar-refractivity contribution in [3.8, 4) is 11.5 Å². The van der Waals surface area contributed by atoms with Gasteiger partial charge in [0, 0.05) is 12.5 Å². The summed E-state index contributed by atoms with van der Waals surface area (Å²) >= 11 is 1.05. The fourth-order valence-electron chi connectivity index (χ4n) is 2.31. The van der Waals surface area contributed by atoms with Crippen LogP contribution in [-0.2, 0) is 11.2 Å². The van der Waals surface area contributed by atoms with Gasteiger partial charge >= 0.3 is 6.36 Å². The van der Waals surface area contributed by atoms with Crippen LogP contribution in [0, 0.1) is 0 Å². The molecule has 0 spiro atoms. The van der Waals surface area contributed by atoms with Crippen molar-refractivity contribution in [2.24, 2.45) is 0 Å². The van der Waals surface area contributed by atoms with Gasteiger partial charge in [0.2, 0.25) is 5.91 Å². The SMILES string of the molecule is O=C(CCc1ccccc1O)Nc1nc2ccc(OC(F)(F)F)cc2s1. The number of thiazole rings is 1. The van der Waals surface area contributed by atoms with Gasteiger partial charge in [0.1, 0.15) is 11.5 Å². The molecule has 1 amide bonds. The van der Waals surface area contributed by atoms with Crippen molar-refractivity contribution in [2.75, 3.05) is 5.32 Å². The quantitative estimate of drug-likeness (QED) is 0.683. The van der Waals surface area contributed by atoms with Gasteiger partial charge in [-0.15, -0.1) is 13.2 Å². The molecular formula is C17H13F3N2O3S. The van der Waals surface area contributed by atoms with Gasteiger partial charge in [-0.05, 0) is 30.2 Å². The van der Waals surface area contributed by atoms with Crippen molar-refractivity contribution < 1.29 is 27.8 Å². The van der Waals surface area contributed by atoms with E-state index in [1.54, 1.807) is 24.3 Å². The second-order valence-corrected chi connectivity index (χ2v) is 6.40. The molecule has 0 aliphatic heterocycles. The lowest BCUT2D eigenvalue weighted by atomic mass is 10.1. The number of nitrogens with zero attached hydrogens (tertiary/aromatic N) is 1. The number of phenolic OH excluding ortho intramolecular Hbond substituents is 1. The number of aromatic nitrogens is 1. The van der Waals surface area contributed by atoms with Crippen molar-refractivity contribution in [3.63, 3.8) is 0 Å². The average molecular weight is 382 g/mol. The first-order valence-corrected chi connectivity index (χ1v) is 8.35. The van der Waals surface area contributed by atoms with Crippen LogP contribution in [0.5, 0.6) is 11.5 Å². The molecular weight excluding hydrogens is 369 g/mol. The Kier molecular flexibility index (Phi) is 4.99. The van der Waals surface area contributed by atoms with Crippen LogP contribution < -0.4 is 10.1 Å². The molecule has 0 saturated heterocycles. The lowest BCUT2D eigenvalue weighted by molar-refractivity contribution is -0.274. The van der Waals surface area contributed by atoms with Crippen molar-refractivity contribution in [1.29, 1.82) is 0 Å². The number of benzene rings is 2. The predicted molar refractivity (Wildman–Crippen MR) is 91.4 cm³/mol. The number of aromatic hydroxyl groups is 1. The number of carbonyl (C=O) groups excluding carboxylic acids is 1. The van der Waals surface area contributed by atoms with Crippen LogP contribution >= 0.6 is 11.3 Å². The number of carbonyl (C=O) groups is 1. The van der Waals surface area contributed by atoms with E-state index in [9.17, 15) is 23.1 Å². The first-order valence-electron chi connectivity index (χ1n) is 7.53. The van der Waals surface area contributed by atoms with Crippen LogP contribution in [0.3, 0.4) is 0 Å². The highest BCUT2D eigenvalue weighted by Gasteiger charge is 2.31. The Morgan fingerprint density at radius 2 is 2.00 bits per heavy atom. The van der Waals surface area contributed by atoms with Gasteiger partial charge in [-0.2, -0.15) is 0 Å². The summed E-state index contributed by atoms with van der Waals surface area (Å²) < 4.78 is 41.1. The maximum Gasteiger partial charge on any atom is 0.573 e. The summed E-state index contributed by atoms with van der Waals surface area (Å²) in [5, 5.41) is 12.6. The summed E-state index contributed by atoms with van der Waals surface area (Å²) in [6.45, 7) is 0. The Hall–Kier alpha value is -2.81. The van der Waals surface area contributed by atoms with E-state index < -0.39 is 6.36 Å². The number of aryl methyl sites for hydroxylation is 1. The smallest absolute Gasteiger partial charge is 0.508 e. The van der Waals surface area contributed by atoms with Gasteiger partial charge in [-0.25, -0.2) is 4.98 Å². The molecule has 5 nitrogen and oxygen atoms in total. The van der Waals surface area contributed by atoms with Crippen molar-refractivity contribution in [3.05, 3.63) is 48.0 Å². The molecule has 2 N–H and O–H groups in total. The number of para-hydroxylation sites is 1. The Morgan fingerprint density at radius 1 is 1.23 bits per heavy atom. The topological polar surface area (TPSA) is 71.5 Å². The third-order valence-corrected chi connectivity index (χ3v) is 4.39. The molecule has 1 heterocycles. The lowest BCUT2D eigenvalue weighted by Gasteiger charge is -2.07. The highest BCUT2D eigenvalue weighted by atomic mass is 32.1. The molecule has 0 fully saturated rings. The maximum absolute atomic E-state index is 12.3. The minimum absolute atomic E-state index is 0.123. The molecule has 1 aromatic heterocycles.